The number of halogens is 1. The van der Waals surface area contributed by atoms with Crippen LogP contribution >= 0.6 is 24.0 Å². The average molecular weight is 493 g/mol. The average Bonchev–Trinajstić information content (AvgIpc) is 2.71. The van der Waals surface area contributed by atoms with E-state index in [1.165, 1.54) is 5.56 Å². The molecule has 0 amide bonds. The number of rotatable bonds is 8. The number of hydrogen-bond donors (Lipinski definition) is 2. The molecule has 8 heteroatoms. The van der Waals surface area contributed by atoms with Gasteiger partial charge >= 0.3 is 0 Å². The Balaban J connectivity index is 0.00000364. The second kappa shape index (κ2) is 12.2. The van der Waals surface area contributed by atoms with Crippen molar-refractivity contribution in [1.82, 2.24) is 10.6 Å². The first-order valence-electron chi connectivity index (χ1n) is 8.94. The number of ether oxygens (including phenoxy) is 4. The van der Waals surface area contributed by atoms with Gasteiger partial charge in [0.05, 0.1) is 19.8 Å². The first kappa shape index (κ1) is 23.8. The molecule has 1 aliphatic rings. The molecule has 1 saturated heterocycles. The fourth-order valence-electron chi connectivity index (χ4n) is 3.02. The molecule has 2 rings (SSSR count). The summed E-state index contributed by atoms with van der Waals surface area (Å²) in [4.78, 5) is 4.29. The Kier molecular flexibility index (Phi) is 10.8. The van der Waals surface area contributed by atoms with Crippen molar-refractivity contribution >= 4 is 29.9 Å². The summed E-state index contributed by atoms with van der Waals surface area (Å²) in [6.45, 7) is 2.95. The van der Waals surface area contributed by atoms with Gasteiger partial charge in [-0.1, -0.05) is 6.07 Å². The van der Waals surface area contributed by atoms with Crippen molar-refractivity contribution in [2.75, 3.05) is 54.7 Å². The van der Waals surface area contributed by atoms with Gasteiger partial charge in [-0.25, -0.2) is 0 Å². The number of hydrogen-bond acceptors (Lipinski definition) is 5. The van der Waals surface area contributed by atoms with Gasteiger partial charge in [0.15, 0.2) is 17.5 Å². The molecule has 0 aliphatic carbocycles. The maximum absolute atomic E-state index is 5.74. The Morgan fingerprint density at radius 1 is 1.11 bits per heavy atom. The van der Waals surface area contributed by atoms with Crippen LogP contribution < -0.4 is 20.1 Å². The maximum atomic E-state index is 5.74. The minimum Gasteiger partial charge on any atom is -0.493 e. The fraction of sp³-hybridized carbons (Fsp3) is 0.632. The lowest BCUT2D eigenvalue weighted by Gasteiger charge is -2.36. The minimum absolute atomic E-state index is 0. The normalized spacial score (nSPS) is 16.2. The third-order valence-electron chi connectivity index (χ3n) is 4.79. The Bertz CT molecular complexity index is 592. The Labute approximate surface area is 179 Å². The molecule has 1 aromatic rings. The highest BCUT2D eigenvalue weighted by molar-refractivity contribution is 14.0. The predicted molar refractivity (Wildman–Crippen MR) is 118 cm³/mol. The molecule has 1 aliphatic heterocycles. The van der Waals surface area contributed by atoms with Gasteiger partial charge < -0.3 is 29.6 Å². The monoisotopic (exact) mass is 493 g/mol. The van der Waals surface area contributed by atoms with E-state index in [9.17, 15) is 0 Å². The van der Waals surface area contributed by atoms with E-state index in [-0.39, 0.29) is 29.6 Å². The van der Waals surface area contributed by atoms with E-state index in [1.807, 2.05) is 18.2 Å². The van der Waals surface area contributed by atoms with Crippen molar-refractivity contribution in [1.29, 1.82) is 0 Å². The summed E-state index contributed by atoms with van der Waals surface area (Å²) >= 11 is 0. The zero-order valence-electron chi connectivity index (χ0n) is 16.7. The van der Waals surface area contributed by atoms with Crippen LogP contribution in [0, 0.1) is 0 Å². The van der Waals surface area contributed by atoms with Gasteiger partial charge in [-0.15, -0.1) is 24.0 Å². The van der Waals surface area contributed by atoms with Crippen LogP contribution in [0.25, 0.3) is 0 Å². The molecular weight excluding hydrogens is 461 g/mol. The lowest BCUT2D eigenvalue weighted by atomic mass is 9.94. The van der Waals surface area contributed by atoms with Gasteiger partial charge in [-0.05, 0) is 24.1 Å². The molecule has 1 fully saturated rings. The van der Waals surface area contributed by atoms with Gasteiger partial charge in [0, 0.05) is 53.3 Å². The first-order chi connectivity index (χ1) is 12.7. The van der Waals surface area contributed by atoms with Crippen LogP contribution in [0.3, 0.4) is 0 Å². The lowest BCUT2D eigenvalue weighted by Crippen LogP contribution is -2.51. The number of nitrogens with zero attached hydrogens (tertiary/aromatic N) is 1. The number of benzene rings is 1. The SMILES string of the molecule is CN=C(NCCc1ccc(OC)c(OC)c1)NCC1(OC)CCOCC1.I. The molecular formula is C19H32IN3O4. The van der Waals surface area contributed by atoms with Crippen LogP contribution in [0.4, 0.5) is 0 Å². The van der Waals surface area contributed by atoms with E-state index in [1.54, 1.807) is 28.4 Å². The Morgan fingerprint density at radius 3 is 2.41 bits per heavy atom. The molecule has 154 valence electrons. The van der Waals surface area contributed by atoms with E-state index < -0.39 is 0 Å². The second-order valence-electron chi connectivity index (χ2n) is 6.29. The molecule has 1 aromatic carbocycles. The molecule has 0 radical (unpaired) electrons. The predicted octanol–water partition coefficient (Wildman–Crippen LogP) is 2.22. The van der Waals surface area contributed by atoms with Crippen molar-refractivity contribution in [2.45, 2.75) is 24.9 Å². The van der Waals surface area contributed by atoms with Crippen molar-refractivity contribution in [3.63, 3.8) is 0 Å². The van der Waals surface area contributed by atoms with Crippen molar-refractivity contribution < 1.29 is 18.9 Å². The number of guanidine groups is 1. The van der Waals surface area contributed by atoms with E-state index in [2.05, 4.69) is 15.6 Å². The van der Waals surface area contributed by atoms with Gasteiger partial charge in [0.25, 0.3) is 0 Å². The Hall–Kier alpha value is -1.26. The standard InChI is InChI=1S/C19H31N3O4.HI/c1-20-18(22-14-19(25-4)8-11-26-12-9-19)21-10-7-15-5-6-16(23-2)17(13-15)24-3;/h5-6,13H,7-12,14H2,1-4H3,(H2,20,21,22);1H. The van der Waals surface area contributed by atoms with E-state index in [0.29, 0.717) is 6.54 Å². The fourth-order valence-corrected chi connectivity index (χ4v) is 3.02. The summed E-state index contributed by atoms with van der Waals surface area (Å²) in [5.41, 5.74) is 0.988. The number of nitrogens with one attached hydrogen (secondary N) is 2. The zero-order valence-corrected chi connectivity index (χ0v) is 19.0. The summed E-state index contributed by atoms with van der Waals surface area (Å²) in [6, 6.07) is 5.97. The highest BCUT2D eigenvalue weighted by Crippen LogP contribution is 2.27. The Morgan fingerprint density at radius 2 is 1.81 bits per heavy atom. The third-order valence-corrected chi connectivity index (χ3v) is 4.79. The highest BCUT2D eigenvalue weighted by Gasteiger charge is 2.32. The largest absolute Gasteiger partial charge is 0.493 e. The summed E-state index contributed by atoms with van der Waals surface area (Å²) in [6.07, 6.45) is 2.63. The first-order valence-corrected chi connectivity index (χ1v) is 8.94. The van der Waals surface area contributed by atoms with E-state index in [4.69, 9.17) is 18.9 Å². The van der Waals surface area contributed by atoms with Crippen LogP contribution in [0.1, 0.15) is 18.4 Å². The highest BCUT2D eigenvalue weighted by atomic mass is 127. The summed E-state index contributed by atoms with van der Waals surface area (Å²) < 4.78 is 21.8. The third kappa shape index (κ3) is 7.00. The topological polar surface area (TPSA) is 73.3 Å². The van der Waals surface area contributed by atoms with Crippen LogP contribution in [-0.4, -0.2) is 66.2 Å². The summed E-state index contributed by atoms with van der Waals surface area (Å²) in [5, 5.41) is 6.72. The van der Waals surface area contributed by atoms with Gasteiger partial charge in [0.1, 0.15) is 0 Å². The molecule has 1 heterocycles. The number of aliphatic imine (C=N–C) groups is 1. The minimum atomic E-state index is -0.181. The smallest absolute Gasteiger partial charge is 0.191 e. The molecule has 0 bridgehead atoms. The van der Waals surface area contributed by atoms with Gasteiger partial charge in [0.2, 0.25) is 0 Å². The maximum Gasteiger partial charge on any atom is 0.191 e. The number of methoxy groups -OCH3 is 3. The van der Waals surface area contributed by atoms with Gasteiger partial charge in [-0.2, -0.15) is 0 Å². The van der Waals surface area contributed by atoms with E-state index in [0.717, 1.165) is 56.5 Å². The van der Waals surface area contributed by atoms with Crippen LogP contribution in [0.5, 0.6) is 11.5 Å². The summed E-state index contributed by atoms with van der Waals surface area (Å²) in [5.74, 6) is 2.26. The van der Waals surface area contributed by atoms with E-state index >= 15 is 0 Å². The molecule has 0 aromatic heterocycles. The van der Waals surface area contributed by atoms with Gasteiger partial charge in [-0.3, -0.25) is 4.99 Å². The zero-order chi connectivity index (χ0) is 18.8. The molecule has 2 N–H and O–H groups in total. The second-order valence-corrected chi connectivity index (χ2v) is 6.29. The van der Waals surface area contributed by atoms with Crippen LogP contribution in [0.2, 0.25) is 0 Å². The molecule has 0 atom stereocenters. The van der Waals surface area contributed by atoms with Crippen molar-refractivity contribution in [2.24, 2.45) is 4.99 Å². The molecule has 0 unspecified atom stereocenters. The molecule has 27 heavy (non-hydrogen) atoms. The molecule has 7 nitrogen and oxygen atoms in total. The molecule has 0 spiro atoms. The van der Waals surface area contributed by atoms with Crippen LogP contribution in [-0.2, 0) is 15.9 Å². The summed E-state index contributed by atoms with van der Waals surface area (Å²) in [7, 11) is 6.82. The quantitative estimate of drug-likeness (QED) is 0.329. The van der Waals surface area contributed by atoms with Crippen LogP contribution in [0.15, 0.2) is 23.2 Å². The lowest BCUT2D eigenvalue weighted by molar-refractivity contribution is -0.0855. The van der Waals surface area contributed by atoms with Crippen molar-refractivity contribution in [3.05, 3.63) is 23.8 Å². The molecule has 0 saturated carbocycles. The van der Waals surface area contributed by atoms with Crippen molar-refractivity contribution in [3.8, 4) is 11.5 Å².